The lowest BCUT2D eigenvalue weighted by atomic mass is 10.0. The summed E-state index contributed by atoms with van der Waals surface area (Å²) < 4.78 is 5.91. The first-order valence-electron chi connectivity index (χ1n) is 35.5. The Morgan fingerprint density at radius 3 is 1.12 bits per heavy atom. The topological polar surface area (TPSA) is 123 Å². The van der Waals surface area contributed by atoms with E-state index in [4.69, 9.17) is 4.74 Å². The molecule has 1 aliphatic heterocycles. The highest BCUT2D eigenvalue weighted by Crippen LogP contribution is 2.23. The van der Waals surface area contributed by atoms with Gasteiger partial charge in [0.15, 0.2) is 6.29 Å². The first kappa shape index (κ1) is 79.1. The van der Waals surface area contributed by atoms with E-state index in [1.807, 2.05) is 21.6 Å². The van der Waals surface area contributed by atoms with E-state index in [0.717, 1.165) is 147 Å². The fourth-order valence-corrected chi connectivity index (χ4v) is 13.8. The summed E-state index contributed by atoms with van der Waals surface area (Å²) in [5.74, 6) is 2.27. The van der Waals surface area contributed by atoms with Crippen LogP contribution in [0.4, 0.5) is 0 Å². The Labute approximate surface area is 512 Å². The maximum atomic E-state index is 11.1. The molecule has 0 aromatic rings. The van der Waals surface area contributed by atoms with Gasteiger partial charge < -0.3 is 30.3 Å². The van der Waals surface area contributed by atoms with E-state index in [9.17, 15) is 25.5 Å². The molecule has 5 unspecified atom stereocenters. The quantitative estimate of drug-likeness (QED) is 0.0172. The van der Waals surface area contributed by atoms with Gasteiger partial charge in [0.1, 0.15) is 0 Å². The first-order chi connectivity index (χ1) is 39.7. The smallest absolute Gasteiger partial charge is 0.154 e. The maximum absolute atomic E-state index is 11.1. The van der Waals surface area contributed by atoms with Crippen molar-refractivity contribution in [3.05, 3.63) is 12.2 Å². The van der Waals surface area contributed by atoms with Crippen molar-refractivity contribution >= 4 is 21.6 Å². The molecule has 1 aliphatic rings. The normalized spacial score (nSPS) is 15.7. The zero-order valence-corrected chi connectivity index (χ0v) is 55.9. The van der Waals surface area contributed by atoms with Gasteiger partial charge in [0, 0.05) is 77.0 Å². The van der Waals surface area contributed by atoms with Crippen LogP contribution in [0.15, 0.2) is 12.2 Å². The lowest BCUT2D eigenvalue weighted by Gasteiger charge is -2.34. The van der Waals surface area contributed by atoms with Crippen LogP contribution in [-0.4, -0.2) is 172 Å². The molecule has 0 saturated carbocycles. The predicted molar refractivity (Wildman–Crippen MR) is 357 cm³/mol. The van der Waals surface area contributed by atoms with Gasteiger partial charge in [-0.15, -0.1) is 0 Å². The van der Waals surface area contributed by atoms with Crippen molar-refractivity contribution in [1.29, 1.82) is 0 Å². The van der Waals surface area contributed by atoms with Crippen molar-refractivity contribution in [2.24, 2.45) is 0 Å². The highest BCUT2D eigenvalue weighted by molar-refractivity contribution is 8.76. The van der Waals surface area contributed by atoms with E-state index in [1.165, 1.54) is 186 Å². The average molecular weight is 1190 g/mol. The number of unbranched alkanes of at least 4 members (excludes halogenated alkanes) is 31. The Morgan fingerprint density at radius 2 is 0.691 bits per heavy atom. The van der Waals surface area contributed by atoms with Crippen LogP contribution in [0, 0.1) is 0 Å². The molecule has 10 nitrogen and oxygen atoms in total. The molecule has 0 aliphatic carbocycles. The highest BCUT2D eigenvalue weighted by atomic mass is 33.1. The Hall–Kier alpha value is 0.0400. The SMILES string of the molecule is CCCCCCCC/C=C/CCC(O)CN(CCCCSSCCN1CCN(CCOC(O)CCCCN(CC(O)CCCCCCCCCC)CC(O)CCCCCCCCCC)CC1)CC(O)CCCCCCCCCCCC. The number of hydrogen-bond acceptors (Lipinski definition) is 12. The number of aliphatic hydroxyl groups excluding tert-OH is 5. The van der Waals surface area contributed by atoms with Crippen LogP contribution in [0.5, 0.6) is 0 Å². The number of hydrogen-bond donors (Lipinski definition) is 5. The monoisotopic (exact) mass is 1190 g/mol. The van der Waals surface area contributed by atoms with Crippen LogP contribution in [-0.2, 0) is 4.74 Å². The second-order valence-corrected chi connectivity index (χ2v) is 27.8. The molecular formula is C69H140N4O6S2. The van der Waals surface area contributed by atoms with Crippen LogP contribution in [0.25, 0.3) is 0 Å². The summed E-state index contributed by atoms with van der Waals surface area (Å²) >= 11 is 0. The van der Waals surface area contributed by atoms with Gasteiger partial charge in [0.05, 0.1) is 31.0 Å². The van der Waals surface area contributed by atoms with Crippen molar-refractivity contribution < 1.29 is 30.3 Å². The highest BCUT2D eigenvalue weighted by Gasteiger charge is 2.20. The number of nitrogens with zero attached hydrogens (tertiary/aromatic N) is 4. The van der Waals surface area contributed by atoms with Crippen molar-refractivity contribution in [2.45, 2.75) is 334 Å². The van der Waals surface area contributed by atoms with Gasteiger partial charge in [0.25, 0.3) is 0 Å². The van der Waals surface area contributed by atoms with Crippen LogP contribution in [0.1, 0.15) is 304 Å². The van der Waals surface area contributed by atoms with Gasteiger partial charge in [-0.05, 0) is 90.1 Å². The molecule has 484 valence electrons. The van der Waals surface area contributed by atoms with Crippen LogP contribution in [0.3, 0.4) is 0 Å². The predicted octanol–water partition coefficient (Wildman–Crippen LogP) is 16.8. The van der Waals surface area contributed by atoms with Crippen molar-refractivity contribution in [2.75, 3.05) is 96.6 Å². The third-order valence-corrected chi connectivity index (χ3v) is 19.5. The number of ether oxygens (including phenoxy) is 1. The molecule has 1 fully saturated rings. The molecule has 1 saturated heterocycles. The van der Waals surface area contributed by atoms with E-state index >= 15 is 0 Å². The zero-order valence-electron chi connectivity index (χ0n) is 54.3. The zero-order chi connectivity index (χ0) is 58.7. The standard InChI is InChI=1S/C69H140N4O6S2/c1-5-9-13-17-21-25-27-31-35-39-47-67(76)63-73(64-68(77)48-40-36-32-28-26-22-18-14-10-6-2)51-43-44-59-80-81-60-57-71-54-52-70(53-55-71)56-58-79-69(78)49-41-42-50-72(61-65(74)45-37-33-29-23-19-15-11-7-3)62-66(75)46-38-34-30-24-20-16-12-8-4/h31,35,65-69,74-78H,5-30,32-34,36-64H2,1-4H3/b35-31+. The van der Waals surface area contributed by atoms with Crippen molar-refractivity contribution in [1.82, 2.24) is 19.6 Å². The molecule has 0 aromatic carbocycles. The lowest BCUT2D eigenvalue weighted by molar-refractivity contribution is -0.109. The fourth-order valence-electron chi connectivity index (χ4n) is 11.6. The lowest BCUT2D eigenvalue weighted by Crippen LogP contribution is -2.47. The van der Waals surface area contributed by atoms with Gasteiger partial charge in [-0.25, -0.2) is 0 Å². The first-order valence-corrected chi connectivity index (χ1v) is 38.0. The molecular weight excluding hydrogens is 1040 g/mol. The number of aliphatic hydroxyl groups is 5. The van der Waals surface area contributed by atoms with E-state index in [2.05, 4.69) is 59.4 Å². The second-order valence-electron chi connectivity index (χ2n) is 25.1. The van der Waals surface area contributed by atoms with E-state index in [0.29, 0.717) is 39.2 Å². The minimum atomic E-state index is -0.750. The molecule has 0 radical (unpaired) electrons. The molecule has 12 heteroatoms. The summed E-state index contributed by atoms with van der Waals surface area (Å²) in [5, 5.41) is 54.9. The van der Waals surface area contributed by atoms with E-state index in [-0.39, 0.29) is 24.4 Å². The summed E-state index contributed by atoms with van der Waals surface area (Å²) in [6.45, 7) is 20.2. The molecule has 5 N–H and O–H groups in total. The third-order valence-electron chi connectivity index (χ3n) is 17.0. The average Bonchev–Trinajstić information content (AvgIpc) is 3.45. The van der Waals surface area contributed by atoms with E-state index in [1.54, 1.807) is 0 Å². The van der Waals surface area contributed by atoms with Gasteiger partial charge in [-0.3, -0.25) is 19.6 Å². The summed E-state index contributed by atoms with van der Waals surface area (Å²) in [6, 6.07) is 0. The van der Waals surface area contributed by atoms with Gasteiger partial charge in [-0.1, -0.05) is 260 Å². The summed E-state index contributed by atoms with van der Waals surface area (Å²) in [6.07, 6.45) is 53.9. The maximum Gasteiger partial charge on any atom is 0.154 e. The van der Waals surface area contributed by atoms with Gasteiger partial charge in [-0.2, -0.15) is 0 Å². The molecule has 1 heterocycles. The minimum absolute atomic E-state index is 0.317. The summed E-state index contributed by atoms with van der Waals surface area (Å²) in [7, 11) is 4.00. The summed E-state index contributed by atoms with van der Waals surface area (Å²) in [4.78, 5) is 9.69. The number of piperazine rings is 1. The second kappa shape index (κ2) is 61.7. The van der Waals surface area contributed by atoms with Crippen molar-refractivity contribution in [3.8, 4) is 0 Å². The molecule has 0 amide bonds. The Balaban J connectivity index is 2.34. The molecule has 81 heavy (non-hydrogen) atoms. The molecule has 0 bridgehead atoms. The summed E-state index contributed by atoms with van der Waals surface area (Å²) in [5.41, 5.74) is 0. The Kier molecular flexibility index (Phi) is 60.2. The minimum Gasteiger partial charge on any atom is -0.392 e. The van der Waals surface area contributed by atoms with Gasteiger partial charge >= 0.3 is 0 Å². The molecule has 5 atom stereocenters. The van der Waals surface area contributed by atoms with Crippen LogP contribution >= 0.6 is 21.6 Å². The van der Waals surface area contributed by atoms with Gasteiger partial charge in [0.2, 0.25) is 0 Å². The van der Waals surface area contributed by atoms with Crippen molar-refractivity contribution in [3.63, 3.8) is 0 Å². The molecule has 1 rings (SSSR count). The van der Waals surface area contributed by atoms with E-state index < -0.39 is 6.29 Å². The number of allylic oxidation sites excluding steroid dienone is 2. The largest absolute Gasteiger partial charge is 0.392 e. The van der Waals surface area contributed by atoms with Crippen LogP contribution < -0.4 is 0 Å². The molecule has 0 aromatic heterocycles. The fraction of sp³-hybridized carbons (Fsp3) is 0.971. The number of rotatable bonds is 65. The molecule has 0 spiro atoms. The van der Waals surface area contributed by atoms with Crippen LogP contribution in [0.2, 0.25) is 0 Å². The Bertz CT molecular complexity index is 1240. The third kappa shape index (κ3) is 55.1. The Morgan fingerprint density at radius 1 is 0.358 bits per heavy atom.